The Labute approximate surface area is 216 Å². The number of sulfone groups is 1. The lowest BCUT2D eigenvalue weighted by Gasteiger charge is -2.26. The van der Waals surface area contributed by atoms with Crippen LogP contribution in [0.2, 0.25) is 0 Å². The SMILES string of the molecule is COc1cccc(CN(Cc2ccco2)c2cnc(S(C)(=O)=O)nc2C(=O)Nc2ccc(C)cc2C)c1. The molecule has 0 aliphatic rings. The summed E-state index contributed by atoms with van der Waals surface area (Å²) >= 11 is 0. The number of anilines is 2. The van der Waals surface area contributed by atoms with Gasteiger partial charge in [0.25, 0.3) is 5.91 Å². The van der Waals surface area contributed by atoms with Crippen molar-refractivity contribution >= 4 is 27.1 Å². The highest BCUT2D eigenvalue weighted by atomic mass is 32.2. The number of hydrogen-bond acceptors (Lipinski definition) is 8. The standard InChI is InChI=1S/C27H28N4O5S/c1-18-10-11-23(19(2)13-18)29-26(32)25-24(15-28-27(30-25)37(4,33)34)31(17-22-9-6-12-36-22)16-20-7-5-8-21(14-20)35-3/h5-15H,16-17H2,1-4H3,(H,29,32). The van der Waals surface area contributed by atoms with E-state index in [-0.39, 0.29) is 12.2 Å². The number of methoxy groups -OCH3 is 1. The zero-order valence-electron chi connectivity index (χ0n) is 21.1. The Hall–Kier alpha value is -4.18. The molecule has 0 saturated carbocycles. The van der Waals surface area contributed by atoms with E-state index in [0.717, 1.165) is 22.9 Å². The zero-order chi connectivity index (χ0) is 26.6. The first-order chi connectivity index (χ1) is 17.6. The maximum absolute atomic E-state index is 13.5. The number of carbonyl (C=O) groups is 1. The van der Waals surface area contributed by atoms with Gasteiger partial charge < -0.3 is 19.4 Å². The predicted octanol–water partition coefficient (Wildman–Crippen LogP) is 4.56. The molecule has 4 aromatic rings. The summed E-state index contributed by atoms with van der Waals surface area (Å²) in [6, 6.07) is 16.8. The Morgan fingerprint density at radius 3 is 2.57 bits per heavy atom. The zero-order valence-corrected chi connectivity index (χ0v) is 21.9. The van der Waals surface area contributed by atoms with Crippen molar-refractivity contribution in [1.82, 2.24) is 9.97 Å². The first-order valence-electron chi connectivity index (χ1n) is 11.5. The van der Waals surface area contributed by atoms with E-state index >= 15 is 0 Å². The van der Waals surface area contributed by atoms with Crippen LogP contribution < -0.4 is 15.0 Å². The van der Waals surface area contributed by atoms with Crippen molar-refractivity contribution in [3.8, 4) is 5.75 Å². The van der Waals surface area contributed by atoms with Crippen molar-refractivity contribution in [2.75, 3.05) is 23.6 Å². The van der Waals surface area contributed by atoms with Gasteiger partial charge in [-0.1, -0.05) is 29.8 Å². The molecule has 2 heterocycles. The van der Waals surface area contributed by atoms with Crippen molar-refractivity contribution in [3.63, 3.8) is 0 Å². The average molecular weight is 521 g/mol. The summed E-state index contributed by atoms with van der Waals surface area (Å²) in [5, 5.41) is 2.45. The van der Waals surface area contributed by atoms with Crippen LogP contribution in [0.15, 0.2) is 76.6 Å². The molecular weight excluding hydrogens is 492 g/mol. The Morgan fingerprint density at radius 2 is 1.89 bits per heavy atom. The van der Waals surface area contributed by atoms with Gasteiger partial charge in [-0.05, 0) is 55.3 Å². The molecule has 10 heteroatoms. The number of ether oxygens (including phenoxy) is 1. The van der Waals surface area contributed by atoms with Crippen LogP contribution in [0.3, 0.4) is 0 Å². The minimum atomic E-state index is -3.76. The molecule has 0 unspecified atom stereocenters. The number of carbonyl (C=O) groups excluding carboxylic acids is 1. The van der Waals surface area contributed by atoms with E-state index in [2.05, 4.69) is 15.3 Å². The van der Waals surface area contributed by atoms with Crippen molar-refractivity contribution in [2.45, 2.75) is 32.1 Å². The second kappa shape index (κ2) is 10.8. The van der Waals surface area contributed by atoms with Gasteiger partial charge in [0.15, 0.2) is 5.69 Å². The number of nitrogens with zero attached hydrogens (tertiary/aromatic N) is 3. The minimum Gasteiger partial charge on any atom is -0.497 e. The Morgan fingerprint density at radius 1 is 1.08 bits per heavy atom. The minimum absolute atomic E-state index is 0.0650. The van der Waals surface area contributed by atoms with Crippen LogP contribution in [0.25, 0.3) is 0 Å². The molecule has 0 fully saturated rings. The molecule has 37 heavy (non-hydrogen) atoms. The second-order valence-electron chi connectivity index (χ2n) is 8.72. The smallest absolute Gasteiger partial charge is 0.276 e. The number of aromatic nitrogens is 2. The quantitative estimate of drug-likeness (QED) is 0.320. The molecule has 0 aliphatic carbocycles. The van der Waals surface area contributed by atoms with E-state index in [1.165, 1.54) is 6.20 Å². The first-order valence-corrected chi connectivity index (χ1v) is 13.4. The van der Waals surface area contributed by atoms with E-state index in [9.17, 15) is 13.2 Å². The molecule has 0 aliphatic heterocycles. The molecule has 0 spiro atoms. The van der Waals surface area contributed by atoms with E-state index in [4.69, 9.17) is 9.15 Å². The van der Waals surface area contributed by atoms with Crippen LogP contribution in [0.4, 0.5) is 11.4 Å². The number of benzene rings is 2. The number of rotatable bonds is 9. The number of hydrogen-bond donors (Lipinski definition) is 1. The highest BCUT2D eigenvalue weighted by molar-refractivity contribution is 7.90. The van der Waals surface area contributed by atoms with E-state index in [1.807, 2.05) is 61.2 Å². The molecule has 2 aromatic heterocycles. The summed E-state index contributed by atoms with van der Waals surface area (Å²) in [7, 11) is -2.17. The van der Waals surface area contributed by atoms with E-state index in [1.54, 1.807) is 25.5 Å². The monoisotopic (exact) mass is 520 g/mol. The molecule has 0 bridgehead atoms. The molecule has 0 saturated heterocycles. The van der Waals surface area contributed by atoms with Crippen molar-refractivity contribution in [1.29, 1.82) is 0 Å². The topological polar surface area (TPSA) is 115 Å². The van der Waals surface area contributed by atoms with Gasteiger partial charge in [0.2, 0.25) is 15.0 Å². The predicted molar refractivity (Wildman–Crippen MR) is 141 cm³/mol. The van der Waals surface area contributed by atoms with Gasteiger partial charge in [0, 0.05) is 18.5 Å². The number of nitrogens with one attached hydrogen (secondary N) is 1. The van der Waals surface area contributed by atoms with Crippen molar-refractivity contribution in [2.24, 2.45) is 0 Å². The summed E-state index contributed by atoms with van der Waals surface area (Å²) in [6.45, 7) is 4.49. The molecule has 0 radical (unpaired) electrons. The third-order valence-electron chi connectivity index (χ3n) is 5.70. The lowest BCUT2D eigenvalue weighted by molar-refractivity contribution is 0.102. The van der Waals surface area contributed by atoms with Crippen LogP contribution in [-0.2, 0) is 22.9 Å². The number of aryl methyl sites for hydroxylation is 2. The van der Waals surface area contributed by atoms with Crippen LogP contribution in [0.1, 0.15) is 32.9 Å². The maximum atomic E-state index is 13.5. The molecule has 9 nitrogen and oxygen atoms in total. The molecule has 1 amide bonds. The third kappa shape index (κ3) is 6.34. The van der Waals surface area contributed by atoms with Gasteiger partial charge >= 0.3 is 0 Å². The molecule has 0 atom stereocenters. The van der Waals surface area contributed by atoms with Crippen LogP contribution in [0.5, 0.6) is 5.75 Å². The highest BCUT2D eigenvalue weighted by Crippen LogP contribution is 2.27. The summed E-state index contributed by atoms with van der Waals surface area (Å²) < 4.78 is 35.4. The van der Waals surface area contributed by atoms with Gasteiger partial charge in [-0.25, -0.2) is 18.4 Å². The normalized spacial score (nSPS) is 11.2. The van der Waals surface area contributed by atoms with Gasteiger partial charge in [0.1, 0.15) is 11.5 Å². The fraction of sp³-hybridized carbons (Fsp3) is 0.222. The maximum Gasteiger partial charge on any atom is 0.276 e. The first kappa shape index (κ1) is 25.9. The van der Waals surface area contributed by atoms with Gasteiger partial charge in [0.05, 0.1) is 31.8 Å². The Bertz CT molecular complexity index is 1520. The van der Waals surface area contributed by atoms with Gasteiger partial charge in [-0.2, -0.15) is 0 Å². The van der Waals surface area contributed by atoms with Gasteiger partial charge in [-0.3, -0.25) is 4.79 Å². The summed E-state index contributed by atoms with van der Waals surface area (Å²) in [5.41, 5.74) is 3.72. The third-order valence-corrected chi connectivity index (χ3v) is 6.56. The van der Waals surface area contributed by atoms with E-state index in [0.29, 0.717) is 29.4 Å². The Kier molecular flexibility index (Phi) is 7.58. The lowest BCUT2D eigenvalue weighted by Crippen LogP contribution is -2.27. The molecular formula is C27H28N4O5S. The summed E-state index contributed by atoms with van der Waals surface area (Å²) in [5.74, 6) is 0.784. The molecule has 192 valence electrons. The molecule has 1 N–H and O–H groups in total. The van der Waals surface area contributed by atoms with Crippen LogP contribution in [-0.4, -0.2) is 37.7 Å². The Balaban J connectivity index is 1.79. The molecule has 2 aromatic carbocycles. The lowest BCUT2D eigenvalue weighted by atomic mass is 10.1. The van der Waals surface area contributed by atoms with Crippen molar-refractivity contribution < 1.29 is 22.4 Å². The highest BCUT2D eigenvalue weighted by Gasteiger charge is 2.24. The largest absolute Gasteiger partial charge is 0.497 e. The van der Waals surface area contributed by atoms with Crippen LogP contribution in [0, 0.1) is 13.8 Å². The fourth-order valence-electron chi connectivity index (χ4n) is 3.88. The van der Waals surface area contributed by atoms with Gasteiger partial charge in [-0.15, -0.1) is 0 Å². The van der Waals surface area contributed by atoms with E-state index < -0.39 is 20.9 Å². The number of amides is 1. The molecule has 4 rings (SSSR count). The summed E-state index contributed by atoms with van der Waals surface area (Å²) in [4.78, 5) is 23.7. The van der Waals surface area contributed by atoms with Crippen LogP contribution >= 0.6 is 0 Å². The van der Waals surface area contributed by atoms with Crippen molar-refractivity contribution in [3.05, 3.63) is 95.2 Å². The fourth-order valence-corrected chi connectivity index (χ4v) is 4.38. The average Bonchev–Trinajstić information content (AvgIpc) is 3.37. The summed E-state index contributed by atoms with van der Waals surface area (Å²) in [6.07, 6.45) is 3.93. The number of furan rings is 1. The second-order valence-corrected chi connectivity index (χ2v) is 10.6.